The Bertz CT molecular complexity index is 585. The predicted octanol–water partition coefficient (Wildman–Crippen LogP) is 4.49. The smallest absolute Gasteiger partial charge is 0.124 e. The number of pyridine rings is 1. The lowest BCUT2D eigenvalue weighted by Crippen LogP contribution is -2.14. The predicted molar refractivity (Wildman–Crippen MR) is 79.2 cm³/mol. The van der Waals surface area contributed by atoms with Crippen molar-refractivity contribution in [2.75, 3.05) is 11.9 Å². The van der Waals surface area contributed by atoms with Crippen LogP contribution in [0.15, 0.2) is 24.3 Å². The third-order valence-electron chi connectivity index (χ3n) is 3.10. The number of nitrogens with one attached hydrogen (secondary N) is 1. The molecule has 0 saturated heterocycles. The molecule has 0 saturated carbocycles. The van der Waals surface area contributed by atoms with Crippen molar-refractivity contribution in [1.29, 1.82) is 0 Å². The molecule has 0 bridgehead atoms. The van der Waals surface area contributed by atoms with E-state index >= 15 is 0 Å². The SMILES string of the molecule is CCCNc1cc(C(C)(C)C)nc2ccc(F)cc12. The maximum atomic E-state index is 13.4. The molecule has 1 aromatic carbocycles. The molecule has 0 fully saturated rings. The second-order valence-electron chi connectivity index (χ2n) is 5.89. The van der Waals surface area contributed by atoms with Crippen LogP contribution in [0.2, 0.25) is 0 Å². The van der Waals surface area contributed by atoms with E-state index in [1.54, 1.807) is 12.1 Å². The van der Waals surface area contributed by atoms with E-state index in [0.717, 1.165) is 35.2 Å². The van der Waals surface area contributed by atoms with E-state index in [0.29, 0.717) is 0 Å². The first kappa shape index (κ1) is 13.8. The molecular weight excluding hydrogens is 239 g/mol. The third kappa shape index (κ3) is 3.03. The van der Waals surface area contributed by atoms with Crippen LogP contribution in [0.4, 0.5) is 10.1 Å². The highest BCUT2D eigenvalue weighted by Crippen LogP contribution is 2.29. The fraction of sp³-hybridized carbons (Fsp3) is 0.438. The summed E-state index contributed by atoms with van der Waals surface area (Å²) in [5.74, 6) is -0.225. The molecule has 0 amide bonds. The second-order valence-corrected chi connectivity index (χ2v) is 5.89. The van der Waals surface area contributed by atoms with Gasteiger partial charge < -0.3 is 5.32 Å². The molecule has 0 aliphatic heterocycles. The van der Waals surface area contributed by atoms with Gasteiger partial charge in [-0.15, -0.1) is 0 Å². The van der Waals surface area contributed by atoms with Gasteiger partial charge in [0, 0.05) is 28.7 Å². The summed E-state index contributed by atoms with van der Waals surface area (Å²) in [6, 6.07) is 6.80. The number of halogens is 1. The highest BCUT2D eigenvalue weighted by atomic mass is 19.1. The fourth-order valence-electron chi connectivity index (χ4n) is 1.99. The summed E-state index contributed by atoms with van der Waals surface area (Å²) in [5.41, 5.74) is 2.81. The number of anilines is 1. The Hall–Kier alpha value is -1.64. The molecule has 1 N–H and O–H groups in total. The number of nitrogens with zero attached hydrogens (tertiary/aromatic N) is 1. The van der Waals surface area contributed by atoms with Gasteiger partial charge in [0.05, 0.1) is 5.52 Å². The Balaban J connectivity index is 2.62. The molecule has 3 heteroatoms. The molecule has 0 atom stereocenters. The first-order valence-corrected chi connectivity index (χ1v) is 6.76. The van der Waals surface area contributed by atoms with Crippen LogP contribution in [0.3, 0.4) is 0 Å². The van der Waals surface area contributed by atoms with Gasteiger partial charge in [-0.25, -0.2) is 4.39 Å². The molecule has 0 aliphatic carbocycles. The zero-order valence-electron chi connectivity index (χ0n) is 12.0. The van der Waals surface area contributed by atoms with Crippen LogP contribution in [0.5, 0.6) is 0 Å². The minimum absolute atomic E-state index is 0.0226. The molecule has 1 aromatic heterocycles. The number of hydrogen-bond acceptors (Lipinski definition) is 2. The molecule has 2 aromatic rings. The molecular formula is C16H21FN2. The lowest BCUT2D eigenvalue weighted by atomic mass is 9.90. The van der Waals surface area contributed by atoms with Gasteiger partial charge in [0.25, 0.3) is 0 Å². The number of aromatic nitrogens is 1. The molecule has 0 radical (unpaired) electrons. The van der Waals surface area contributed by atoms with Crippen LogP contribution in [0.1, 0.15) is 39.8 Å². The largest absolute Gasteiger partial charge is 0.384 e. The lowest BCUT2D eigenvalue weighted by molar-refractivity contribution is 0.571. The summed E-state index contributed by atoms with van der Waals surface area (Å²) in [7, 11) is 0. The molecule has 2 nitrogen and oxygen atoms in total. The van der Waals surface area contributed by atoms with Crippen molar-refractivity contribution in [3.8, 4) is 0 Å². The monoisotopic (exact) mass is 260 g/mol. The highest BCUT2D eigenvalue weighted by Gasteiger charge is 2.18. The van der Waals surface area contributed by atoms with Crippen molar-refractivity contribution in [1.82, 2.24) is 4.98 Å². The first-order chi connectivity index (χ1) is 8.91. The van der Waals surface area contributed by atoms with Crippen LogP contribution in [-0.2, 0) is 5.41 Å². The summed E-state index contributed by atoms with van der Waals surface area (Å²) < 4.78 is 13.4. The molecule has 0 spiro atoms. The number of fused-ring (bicyclic) bond motifs is 1. The summed E-state index contributed by atoms with van der Waals surface area (Å²) >= 11 is 0. The fourth-order valence-corrected chi connectivity index (χ4v) is 1.99. The molecule has 19 heavy (non-hydrogen) atoms. The van der Waals surface area contributed by atoms with E-state index < -0.39 is 0 Å². The van der Waals surface area contributed by atoms with Crippen molar-refractivity contribution >= 4 is 16.6 Å². The van der Waals surface area contributed by atoms with Gasteiger partial charge >= 0.3 is 0 Å². The van der Waals surface area contributed by atoms with Gasteiger partial charge in [0.1, 0.15) is 5.82 Å². The molecule has 1 heterocycles. The van der Waals surface area contributed by atoms with Crippen LogP contribution in [0, 0.1) is 5.82 Å². The van der Waals surface area contributed by atoms with E-state index in [4.69, 9.17) is 0 Å². The minimum Gasteiger partial charge on any atom is -0.384 e. The van der Waals surface area contributed by atoms with Crippen LogP contribution < -0.4 is 5.32 Å². The normalized spacial score (nSPS) is 11.8. The zero-order valence-corrected chi connectivity index (χ0v) is 12.0. The first-order valence-electron chi connectivity index (χ1n) is 6.76. The maximum Gasteiger partial charge on any atom is 0.124 e. The topological polar surface area (TPSA) is 24.9 Å². The van der Waals surface area contributed by atoms with E-state index in [2.05, 4.69) is 38.0 Å². The van der Waals surface area contributed by atoms with E-state index in [-0.39, 0.29) is 11.2 Å². The van der Waals surface area contributed by atoms with Gasteiger partial charge in [0.2, 0.25) is 0 Å². The summed E-state index contributed by atoms with van der Waals surface area (Å²) in [4.78, 5) is 4.65. The van der Waals surface area contributed by atoms with Crippen LogP contribution in [0.25, 0.3) is 10.9 Å². The Kier molecular flexibility index (Phi) is 3.74. The average molecular weight is 260 g/mol. The minimum atomic E-state index is -0.225. The van der Waals surface area contributed by atoms with Gasteiger partial charge in [-0.1, -0.05) is 27.7 Å². The number of hydrogen-bond donors (Lipinski definition) is 1. The Morgan fingerprint density at radius 2 is 1.95 bits per heavy atom. The molecule has 0 unspecified atom stereocenters. The van der Waals surface area contributed by atoms with Gasteiger partial charge in [-0.3, -0.25) is 4.98 Å². The Labute approximate surface area is 114 Å². The Morgan fingerprint density at radius 1 is 1.21 bits per heavy atom. The standard InChI is InChI=1S/C16H21FN2/c1-5-8-18-14-10-15(16(2,3)4)19-13-7-6-11(17)9-12(13)14/h6-7,9-10H,5,8H2,1-4H3,(H,18,19). The average Bonchev–Trinajstić information content (AvgIpc) is 2.34. The van der Waals surface area contributed by atoms with Crippen LogP contribution in [-0.4, -0.2) is 11.5 Å². The van der Waals surface area contributed by atoms with Crippen molar-refractivity contribution < 1.29 is 4.39 Å². The van der Waals surface area contributed by atoms with Gasteiger partial charge in [0.15, 0.2) is 0 Å². The lowest BCUT2D eigenvalue weighted by Gasteiger charge is -2.20. The zero-order chi connectivity index (χ0) is 14.0. The summed E-state index contributed by atoms with van der Waals surface area (Å²) in [5, 5.41) is 4.22. The number of rotatable bonds is 3. The molecule has 0 aliphatic rings. The Morgan fingerprint density at radius 3 is 2.58 bits per heavy atom. The van der Waals surface area contributed by atoms with Crippen molar-refractivity contribution in [3.63, 3.8) is 0 Å². The van der Waals surface area contributed by atoms with E-state index in [1.165, 1.54) is 6.07 Å². The second kappa shape index (κ2) is 5.16. The summed E-state index contributed by atoms with van der Waals surface area (Å²) in [6.45, 7) is 9.39. The highest BCUT2D eigenvalue weighted by molar-refractivity contribution is 5.91. The maximum absolute atomic E-state index is 13.4. The van der Waals surface area contributed by atoms with Crippen molar-refractivity contribution in [2.45, 2.75) is 39.5 Å². The van der Waals surface area contributed by atoms with Gasteiger partial charge in [-0.05, 0) is 30.7 Å². The molecule has 2 rings (SSSR count). The molecule has 102 valence electrons. The van der Waals surface area contributed by atoms with Crippen molar-refractivity contribution in [3.05, 3.63) is 35.8 Å². The quantitative estimate of drug-likeness (QED) is 0.879. The van der Waals surface area contributed by atoms with Gasteiger partial charge in [-0.2, -0.15) is 0 Å². The third-order valence-corrected chi connectivity index (χ3v) is 3.10. The van der Waals surface area contributed by atoms with Crippen LogP contribution >= 0.6 is 0 Å². The summed E-state index contributed by atoms with van der Waals surface area (Å²) in [6.07, 6.45) is 1.03. The van der Waals surface area contributed by atoms with E-state index in [9.17, 15) is 4.39 Å². The number of benzene rings is 1. The van der Waals surface area contributed by atoms with E-state index in [1.807, 2.05) is 6.07 Å². The van der Waals surface area contributed by atoms with Crippen molar-refractivity contribution in [2.24, 2.45) is 0 Å².